The Kier molecular flexibility index (Phi) is 7.71. The normalized spacial score (nSPS) is 11.1. The van der Waals surface area contributed by atoms with Crippen molar-refractivity contribution < 1.29 is 17.9 Å². The minimum atomic E-state index is -3.95. The third-order valence-electron chi connectivity index (χ3n) is 5.46. The lowest BCUT2D eigenvalue weighted by molar-refractivity contribution is 0.0466. The van der Waals surface area contributed by atoms with E-state index in [1.54, 1.807) is 36.4 Å². The number of rotatable bonds is 9. The quantitative estimate of drug-likeness (QED) is 0.278. The molecule has 0 atom stereocenters. The highest BCUT2D eigenvalue weighted by atomic mass is 32.2. The van der Waals surface area contributed by atoms with E-state index in [4.69, 9.17) is 4.74 Å². The van der Waals surface area contributed by atoms with Gasteiger partial charge in [-0.15, -0.1) is 0 Å². The second-order valence-corrected chi connectivity index (χ2v) is 10.4. The van der Waals surface area contributed by atoms with Crippen LogP contribution in [0.3, 0.4) is 0 Å². The summed E-state index contributed by atoms with van der Waals surface area (Å²) in [6, 6.07) is 28.6. The van der Waals surface area contributed by atoms with E-state index in [-0.39, 0.29) is 23.7 Å². The van der Waals surface area contributed by atoms with E-state index in [0.29, 0.717) is 11.4 Å². The number of esters is 1. The summed E-state index contributed by atoms with van der Waals surface area (Å²) < 4.78 is 34.5. The zero-order chi connectivity index (χ0) is 25.5. The molecule has 0 aliphatic rings. The Morgan fingerprint density at radius 3 is 2.00 bits per heavy atom. The highest BCUT2D eigenvalue weighted by molar-refractivity contribution is 7.92. The number of hydrogen-bond acceptors (Lipinski definition) is 4. The van der Waals surface area contributed by atoms with Crippen LogP contribution in [0.5, 0.6) is 0 Å². The van der Waals surface area contributed by atoms with Gasteiger partial charge in [-0.25, -0.2) is 13.2 Å². The van der Waals surface area contributed by atoms with E-state index in [0.717, 1.165) is 16.7 Å². The van der Waals surface area contributed by atoms with E-state index in [1.165, 1.54) is 4.31 Å². The molecule has 0 fully saturated rings. The Morgan fingerprint density at radius 1 is 0.861 bits per heavy atom. The Balaban J connectivity index is 1.76. The minimum absolute atomic E-state index is 0.0953. The second-order valence-electron chi connectivity index (χ2n) is 8.58. The lowest BCUT2D eigenvalue weighted by Gasteiger charge is -2.24. The van der Waals surface area contributed by atoms with Gasteiger partial charge in [-0.3, -0.25) is 4.31 Å². The molecular weight excluding hydrogens is 472 g/mol. The van der Waals surface area contributed by atoms with Crippen molar-refractivity contribution in [2.45, 2.75) is 31.9 Å². The molecule has 0 saturated heterocycles. The molecule has 0 radical (unpaired) electrons. The third-order valence-corrected chi connectivity index (χ3v) is 7.23. The van der Waals surface area contributed by atoms with Gasteiger partial charge in [-0.2, -0.15) is 0 Å². The molecule has 0 amide bonds. The molecular formula is C29H28N2O4S. The van der Waals surface area contributed by atoms with E-state index < -0.39 is 16.0 Å². The molecule has 0 unspecified atom stereocenters. The molecule has 1 aromatic heterocycles. The van der Waals surface area contributed by atoms with Crippen LogP contribution < -0.4 is 4.31 Å². The first-order chi connectivity index (χ1) is 17.3. The van der Waals surface area contributed by atoms with Gasteiger partial charge in [0.1, 0.15) is 12.3 Å². The first-order valence-electron chi connectivity index (χ1n) is 11.6. The summed E-state index contributed by atoms with van der Waals surface area (Å²) in [6.07, 6.45) is 1.82. The van der Waals surface area contributed by atoms with Crippen LogP contribution in [-0.4, -0.2) is 19.4 Å². The lowest BCUT2D eigenvalue weighted by atomic mass is 10.2. The summed E-state index contributed by atoms with van der Waals surface area (Å²) in [4.78, 5) is 16.2. The van der Waals surface area contributed by atoms with Gasteiger partial charge in [0.05, 0.1) is 22.8 Å². The highest BCUT2D eigenvalue weighted by Gasteiger charge is 2.29. The first kappa shape index (κ1) is 25.0. The van der Waals surface area contributed by atoms with Crippen LogP contribution in [0.25, 0.3) is 6.08 Å². The van der Waals surface area contributed by atoms with Gasteiger partial charge in [0.15, 0.2) is 0 Å². The van der Waals surface area contributed by atoms with Crippen LogP contribution in [0.15, 0.2) is 108 Å². The number of nitrogens with zero attached hydrogens (tertiary/aromatic N) is 1. The summed E-state index contributed by atoms with van der Waals surface area (Å²) in [5.74, 6) is -0.565. The van der Waals surface area contributed by atoms with Crippen LogP contribution in [0, 0.1) is 0 Å². The fraction of sp³-hybridized carbons (Fsp3) is 0.138. The number of hydrogen-bond donors (Lipinski definition) is 1. The molecule has 4 rings (SSSR count). The van der Waals surface area contributed by atoms with Crippen LogP contribution >= 0.6 is 0 Å². The number of nitrogens with one attached hydrogen (secondary N) is 1. The number of ether oxygens (including phenoxy) is 1. The summed E-state index contributed by atoms with van der Waals surface area (Å²) >= 11 is 0. The molecule has 0 saturated carbocycles. The van der Waals surface area contributed by atoms with Crippen LogP contribution in [-0.2, 0) is 27.9 Å². The molecule has 3 aromatic carbocycles. The lowest BCUT2D eigenvalue weighted by Crippen LogP contribution is -2.30. The number of sulfonamides is 1. The number of carbonyl (C=O) groups excluding carboxylic acids is 1. The number of allylic oxidation sites excluding steroid dienone is 1. The zero-order valence-electron chi connectivity index (χ0n) is 20.2. The Morgan fingerprint density at radius 2 is 1.42 bits per heavy atom. The maximum atomic E-state index is 13.8. The van der Waals surface area contributed by atoms with Gasteiger partial charge in [0, 0.05) is 0 Å². The van der Waals surface area contributed by atoms with Crippen molar-refractivity contribution in [1.82, 2.24) is 4.98 Å². The highest BCUT2D eigenvalue weighted by Crippen LogP contribution is 2.32. The zero-order valence-corrected chi connectivity index (χ0v) is 21.0. The molecule has 0 aliphatic carbocycles. The number of anilines is 1. The van der Waals surface area contributed by atoms with Gasteiger partial charge < -0.3 is 9.72 Å². The summed E-state index contributed by atoms with van der Waals surface area (Å²) in [7, 11) is -3.95. The average molecular weight is 501 g/mol. The standard InChI is InChI=1S/C29H28N2O4S/c1-22(2)18-26-28(19-27(30-26)29(32)35-21-24-14-8-4-9-15-24)31(20-23-12-6-3-7-13-23)36(33,34)25-16-10-5-11-17-25/h3-19,30H,20-21H2,1-2H3. The molecule has 7 heteroatoms. The van der Waals surface area contributed by atoms with Crippen molar-refractivity contribution in [2.24, 2.45) is 0 Å². The summed E-state index contributed by atoms with van der Waals surface area (Å²) in [6.45, 7) is 4.02. The van der Waals surface area contributed by atoms with Crippen molar-refractivity contribution >= 4 is 27.8 Å². The predicted octanol–water partition coefficient (Wildman–Crippen LogP) is 6.19. The van der Waals surface area contributed by atoms with E-state index >= 15 is 0 Å². The number of carbonyl (C=O) groups is 1. The van der Waals surface area contributed by atoms with E-state index in [9.17, 15) is 13.2 Å². The van der Waals surface area contributed by atoms with Crippen molar-refractivity contribution in [3.8, 4) is 0 Å². The number of aromatic amines is 1. The third kappa shape index (κ3) is 5.93. The van der Waals surface area contributed by atoms with Crippen LogP contribution in [0.2, 0.25) is 0 Å². The van der Waals surface area contributed by atoms with Gasteiger partial charge in [0.2, 0.25) is 0 Å². The summed E-state index contributed by atoms with van der Waals surface area (Å²) in [5.41, 5.74) is 3.68. The van der Waals surface area contributed by atoms with Gasteiger partial charge in [-0.05, 0) is 49.2 Å². The van der Waals surface area contributed by atoms with Gasteiger partial charge >= 0.3 is 5.97 Å². The molecule has 184 valence electrons. The van der Waals surface area contributed by atoms with Gasteiger partial charge in [0.25, 0.3) is 10.0 Å². The molecule has 6 nitrogen and oxygen atoms in total. The Labute approximate surface area is 211 Å². The molecule has 4 aromatic rings. The van der Waals surface area contributed by atoms with Crippen molar-refractivity contribution in [1.29, 1.82) is 0 Å². The maximum Gasteiger partial charge on any atom is 0.355 e. The molecule has 0 bridgehead atoms. The molecule has 0 spiro atoms. The largest absolute Gasteiger partial charge is 0.456 e. The SMILES string of the molecule is CC(C)=Cc1[nH]c(C(=O)OCc2ccccc2)cc1N(Cc1ccccc1)S(=O)(=O)c1ccccc1. The smallest absolute Gasteiger partial charge is 0.355 e. The molecule has 0 aliphatic heterocycles. The van der Waals surface area contributed by atoms with Crippen molar-refractivity contribution in [2.75, 3.05) is 4.31 Å². The molecule has 1 heterocycles. The second kappa shape index (κ2) is 11.1. The van der Waals surface area contributed by atoms with Crippen LogP contribution in [0.1, 0.15) is 41.2 Å². The van der Waals surface area contributed by atoms with Crippen molar-refractivity contribution in [3.63, 3.8) is 0 Å². The Hall–Kier alpha value is -4.10. The maximum absolute atomic E-state index is 13.8. The fourth-order valence-electron chi connectivity index (χ4n) is 3.74. The van der Waals surface area contributed by atoms with E-state index in [1.807, 2.05) is 80.6 Å². The number of benzene rings is 3. The monoisotopic (exact) mass is 500 g/mol. The topological polar surface area (TPSA) is 79.5 Å². The first-order valence-corrected chi connectivity index (χ1v) is 13.0. The number of H-pyrrole nitrogens is 1. The van der Waals surface area contributed by atoms with Crippen LogP contribution in [0.4, 0.5) is 5.69 Å². The predicted molar refractivity (Wildman–Crippen MR) is 142 cm³/mol. The number of aromatic nitrogens is 1. The summed E-state index contributed by atoms with van der Waals surface area (Å²) in [5, 5.41) is 0. The fourth-order valence-corrected chi connectivity index (χ4v) is 5.23. The molecule has 36 heavy (non-hydrogen) atoms. The van der Waals surface area contributed by atoms with Gasteiger partial charge in [-0.1, -0.05) is 84.4 Å². The molecule has 1 N–H and O–H groups in total. The average Bonchev–Trinajstić information content (AvgIpc) is 3.30. The minimum Gasteiger partial charge on any atom is -0.456 e. The van der Waals surface area contributed by atoms with E-state index in [2.05, 4.69) is 4.98 Å². The Bertz CT molecular complexity index is 1440. The van der Waals surface area contributed by atoms with Crippen molar-refractivity contribution in [3.05, 3.63) is 125 Å².